The van der Waals surface area contributed by atoms with E-state index >= 15 is 0 Å². The lowest BCUT2D eigenvalue weighted by molar-refractivity contribution is 0.407. The van der Waals surface area contributed by atoms with Gasteiger partial charge in [0, 0.05) is 28.2 Å². The maximum atomic E-state index is 4.78. The van der Waals surface area contributed by atoms with Gasteiger partial charge in [0.2, 0.25) is 5.95 Å². The van der Waals surface area contributed by atoms with Crippen LogP contribution in [0.4, 0.5) is 17.3 Å². The Labute approximate surface area is 164 Å². The number of hydrogen-bond donors (Lipinski definition) is 2. The largest absolute Gasteiger partial charge is 0.380 e. The molecular formula is C22H35N5. The van der Waals surface area contributed by atoms with Crippen LogP contribution in [-0.4, -0.2) is 20.5 Å². The monoisotopic (exact) mass is 369 g/mol. The molecule has 0 radical (unpaired) electrons. The Balaban J connectivity index is 2.38. The molecule has 0 amide bonds. The lowest BCUT2D eigenvalue weighted by atomic mass is 9.84. The molecule has 0 bridgehead atoms. The van der Waals surface area contributed by atoms with Crippen LogP contribution in [0.5, 0.6) is 0 Å². The van der Waals surface area contributed by atoms with Gasteiger partial charge < -0.3 is 10.6 Å². The summed E-state index contributed by atoms with van der Waals surface area (Å²) in [7, 11) is 0. The van der Waals surface area contributed by atoms with Crippen molar-refractivity contribution in [3.63, 3.8) is 0 Å². The Morgan fingerprint density at radius 2 is 1.56 bits per heavy atom. The van der Waals surface area contributed by atoms with E-state index in [4.69, 9.17) is 9.97 Å². The molecule has 27 heavy (non-hydrogen) atoms. The van der Waals surface area contributed by atoms with Crippen LogP contribution in [0.15, 0.2) is 24.3 Å². The first-order chi connectivity index (χ1) is 12.6. The molecule has 1 aromatic carbocycles. The summed E-state index contributed by atoms with van der Waals surface area (Å²) in [6.07, 6.45) is 1.99. The summed E-state index contributed by atoms with van der Waals surface area (Å²) in [5, 5.41) is 6.88. The van der Waals surface area contributed by atoms with Crippen molar-refractivity contribution in [3.8, 4) is 0 Å². The van der Waals surface area contributed by atoms with E-state index in [1.54, 1.807) is 0 Å². The van der Waals surface area contributed by atoms with Crippen molar-refractivity contribution < 1.29 is 0 Å². The van der Waals surface area contributed by atoms with E-state index in [1.165, 1.54) is 0 Å². The van der Waals surface area contributed by atoms with Crippen molar-refractivity contribution in [1.82, 2.24) is 15.0 Å². The fourth-order valence-electron chi connectivity index (χ4n) is 2.78. The highest BCUT2D eigenvalue weighted by atomic mass is 15.2. The molecule has 0 aliphatic rings. The number of anilines is 3. The maximum absolute atomic E-state index is 4.78. The SMILES string of the molecule is CCC(C)(CC)c1nc(Nc2cccc(NC(C)(C)C)c2)nc(C(C)C)n1. The quantitative estimate of drug-likeness (QED) is 0.624. The normalized spacial score (nSPS) is 12.3. The van der Waals surface area contributed by atoms with Crippen LogP contribution in [-0.2, 0) is 5.41 Å². The van der Waals surface area contributed by atoms with E-state index in [2.05, 4.69) is 83.1 Å². The van der Waals surface area contributed by atoms with Gasteiger partial charge in [0.15, 0.2) is 0 Å². The summed E-state index contributed by atoms with van der Waals surface area (Å²) >= 11 is 0. The Kier molecular flexibility index (Phi) is 6.45. The molecule has 0 saturated carbocycles. The second-order valence-electron chi connectivity index (χ2n) is 8.84. The fraction of sp³-hybridized carbons (Fsp3) is 0.591. The number of aromatic nitrogens is 3. The Morgan fingerprint density at radius 3 is 2.11 bits per heavy atom. The molecule has 0 unspecified atom stereocenters. The molecule has 0 spiro atoms. The maximum Gasteiger partial charge on any atom is 0.230 e. The summed E-state index contributed by atoms with van der Waals surface area (Å²) in [5.74, 6) is 2.57. The molecule has 0 aliphatic carbocycles. The lowest BCUT2D eigenvalue weighted by Gasteiger charge is -2.26. The van der Waals surface area contributed by atoms with E-state index < -0.39 is 0 Å². The molecule has 0 atom stereocenters. The average Bonchev–Trinajstić information content (AvgIpc) is 2.59. The summed E-state index contributed by atoms with van der Waals surface area (Å²) in [6, 6.07) is 8.22. The summed E-state index contributed by atoms with van der Waals surface area (Å²) < 4.78 is 0. The zero-order valence-electron chi connectivity index (χ0n) is 18.1. The molecule has 2 N–H and O–H groups in total. The first-order valence-corrected chi connectivity index (χ1v) is 9.98. The Morgan fingerprint density at radius 1 is 0.926 bits per heavy atom. The van der Waals surface area contributed by atoms with Crippen molar-refractivity contribution in [2.75, 3.05) is 10.6 Å². The number of benzene rings is 1. The highest BCUT2D eigenvalue weighted by Gasteiger charge is 2.27. The predicted octanol–water partition coefficient (Wildman–Crippen LogP) is 6.03. The van der Waals surface area contributed by atoms with Gasteiger partial charge in [-0.15, -0.1) is 0 Å². The second kappa shape index (κ2) is 8.24. The molecular weight excluding hydrogens is 334 g/mol. The second-order valence-corrected chi connectivity index (χ2v) is 8.84. The van der Waals surface area contributed by atoms with Crippen LogP contribution in [0.25, 0.3) is 0 Å². The highest BCUT2D eigenvalue weighted by Crippen LogP contribution is 2.30. The molecule has 0 saturated heterocycles. The number of hydrogen-bond acceptors (Lipinski definition) is 5. The van der Waals surface area contributed by atoms with Crippen LogP contribution in [0.3, 0.4) is 0 Å². The van der Waals surface area contributed by atoms with Gasteiger partial charge in [-0.25, -0.2) is 4.98 Å². The van der Waals surface area contributed by atoms with Crippen LogP contribution in [0.2, 0.25) is 0 Å². The summed E-state index contributed by atoms with van der Waals surface area (Å²) in [4.78, 5) is 14.2. The first-order valence-electron chi connectivity index (χ1n) is 9.98. The van der Waals surface area contributed by atoms with Crippen LogP contribution < -0.4 is 10.6 Å². The fourth-order valence-corrected chi connectivity index (χ4v) is 2.78. The third-order valence-corrected chi connectivity index (χ3v) is 4.91. The number of nitrogens with one attached hydrogen (secondary N) is 2. The number of nitrogens with zero attached hydrogens (tertiary/aromatic N) is 3. The highest BCUT2D eigenvalue weighted by molar-refractivity contribution is 5.61. The van der Waals surface area contributed by atoms with Crippen LogP contribution >= 0.6 is 0 Å². The summed E-state index contributed by atoms with van der Waals surface area (Å²) in [5.41, 5.74) is 2.00. The Hall–Kier alpha value is -2.17. The van der Waals surface area contributed by atoms with Crippen molar-refractivity contribution in [2.45, 2.75) is 85.1 Å². The molecule has 5 heteroatoms. The minimum absolute atomic E-state index is 0.00778. The smallest absolute Gasteiger partial charge is 0.230 e. The summed E-state index contributed by atoms with van der Waals surface area (Å²) in [6.45, 7) is 17.3. The third kappa shape index (κ3) is 5.65. The van der Waals surface area contributed by atoms with Gasteiger partial charge in [0.1, 0.15) is 11.6 Å². The minimum atomic E-state index is -0.0430. The van der Waals surface area contributed by atoms with Gasteiger partial charge in [-0.2, -0.15) is 9.97 Å². The molecule has 0 aliphatic heterocycles. The molecule has 5 nitrogen and oxygen atoms in total. The van der Waals surface area contributed by atoms with Gasteiger partial charge >= 0.3 is 0 Å². The minimum Gasteiger partial charge on any atom is -0.380 e. The van der Waals surface area contributed by atoms with Gasteiger partial charge in [-0.05, 0) is 51.8 Å². The van der Waals surface area contributed by atoms with Crippen molar-refractivity contribution in [1.29, 1.82) is 0 Å². The molecule has 1 aromatic heterocycles. The molecule has 2 aromatic rings. The standard InChI is InChI=1S/C22H35N5/c1-9-22(8,10-2)19-24-18(15(3)4)25-20(26-19)23-16-12-11-13-17(14-16)27-21(5,6)7/h11-15,27H,9-10H2,1-8H3,(H,23,24,25,26). The van der Waals surface area contributed by atoms with E-state index in [-0.39, 0.29) is 16.9 Å². The Bertz CT molecular complexity index is 758. The average molecular weight is 370 g/mol. The third-order valence-electron chi connectivity index (χ3n) is 4.91. The van der Waals surface area contributed by atoms with Crippen molar-refractivity contribution in [2.24, 2.45) is 0 Å². The van der Waals surface area contributed by atoms with E-state index in [1.807, 2.05) is 12.1 Å². The topological polar surface area (TPSA) is 62.7 Å². The van der Waals surface area contributed by atoms with Gasteiger partial charge in [0.25, 0.3) is 0 Å². The van der Waals surface area contributed by atoms with Gasteiger partial charge in [-0.1, -0.05) is 40.7 Å². The molecule has 148 valence electrons. The zero-order valence-corrected chi connectivity index (χ0v) is 18.1. The van der Waals surface area contributed by atoms with Gasteiger partial charge in [0.05, 0.1) is 0 Å². The molecule has 2 rings (SSSR count). The van der Waals surface area contributed by atoms with Crippen molar-refractivity contribution >= 4 is 17.3 Å². The van der Waals surface area contributed by atoms with Crippen molar-refractivity contribution in [3.05, 3.63) is 35.9 Å². The van der Waals surface area contributed by atoms with E-state index in [9.17, 15) is 0 Å². The van der Waals surface area contributed by atoms with Crippen LogP contribution in [0.1, 0.15) is 85.8 Å². The van der Waals surface area contributed by atoms with Crippen LogP contribution in [0, 0.1) is 0 Å². The van der Waals surface area contributed by atoms with E-state index in [0.29, 0.717) is 5.95 Å². The molecule has 1 heterocycles. The number of rotatable bonds is 7. The van der Waals surface area contributed by atoms with E-state index in [0.717, 1.165) is 35.9 Å². The lowest BCUT2D eigenvalue weighted by Crippen LogP contribution is -2.26. The van der Waals surface area contributed by atoms with Gasteiger partial charge in [-0.3, -0.25) is 0 Å². The predicted molar refractivity (Wildman–Crippen MR) is 115 cm³/mol. The molecule has 0 fully saturated rings. The zero-order chi connectivity index (χ0) is 20.2. The first kappa shape index (κ1) is 21.1.